The molecule has 20 heavy (non-hydrogen) atoms. The molecule has 0 radical (unpaired) electrons. The van der Waals surface area contributed by atoms with Crippen molar-refractivity contribution in [3.8, 4) is 0 Å². The van der Waals surface area contributed by atoms with Gasteiger partial charge in [0.25, 0.3) is 0 Å². The van der Waals surface area contributed by atoms with Crippen molar-refractivity contribution in [2.24, 2.45) is 5.41 Å². The predicted octanol–water partition coefficient (Wildman–Crippen LogP) is 2.59. The number of ether oxygens (including phenoxy) is 2. The van der Waals surface area contributed by atoms with Gasteiger partial charge in [-0.1, -0.05) is 36.4 Å². The van der Waals surface area contributed by atoms with Crippen LogP contribution in [-0.2, 0) is 19.1 Å². The molecule has 1 saturated carbocycles. The molecule has 0 N–H and O–H groups in total. The van der Waals surface area contributed by atoms with Gasteiger partial charge in [0.2, 0.25) is 0 Å². The molecule has 1 aromatic carbocycles. The molecule has 2 rings (SSSR count). The van der Waals surface area contributed by atoms with Crippen LogP contribution in [0.4, 0.5) is 0 Å². The minimum absolute atomic E-state index is 0.436. The van der Waals surface area contributed by atoms with Gasteiger partial charge in [-0.15, -0.1) is 0 Å². The number of methoxy groups -OCH3 is 2. The predicted molar refractivity (Wildman–Crippen MR) is 74.7 cm³/mol. The maximum atomic E-state index is 12.2. The third-order valence-electron chi connectivity index (χ3n) is 3.75. The third kappa shape index (κ3) is 2.33. The van der Waals surface area contributed by atoms with E-state index in [0.29, 0.717) is 12.8 Å². The van der Waals surface area contributed by atoms with Crippen LogP contribution in [0.15, 0.2) is 35.9 Å². The molecular weight excluding hydrogens is 256 g/mol. The zero-order valence-electron chi connectivity index (χ0n) is 11.7. The second-order valence-electron chi connectivity index (χ2n) is 4.82. The van der Waals surface area contributed by atoms with E-state index in [1.54, 1.807) is 0 Å². The number of hydrogen-bond donors (Lipinski definition) is 0. The van der Waals surface area contributed by atoms with Crippen molar-refractivity contribution in [2.75, 3.05) is 14.2 Å². The number of esters is 2. The molecule has 0 saturated heterocycles. The summed E-state index contributed by atoms with van der Waals surface area (Å²) in [6.45, 7) is 0. The fraction of sp³-hybridized carbons (Fsp3) is 0.375. The van der Waals surface area contributed by atoms with Crippen molar-refractivity contribution in [3.05, 3.63) is 41.5 Å². The van der Waals surface area contributed by atoms with Gasteiger partial charge in [-0.2, -0.15) is 0 Å². The quantitative estimate of drug-likeness (QED) is 0.628. The molecule has 106 valence electrons. The zero-order chi connectivity index (χ0) is 14.6. The van der Waals surface area contributed by atoms with E-state index >= 15 is 0 Å². The summed E-state index contributed by atoms with van der Waals surface area (Å²) >= 11 is 0. The van der Waals surface area contributed by atoms with Crippen molar-refractivity contribution in [2.45, 2.75) is 19.3 Å². The van der Waals surface area contributed by atoms with Crippen LogP contribution in [-0.4, -0.2) is 26.2 Å². The lowest BCUT2D eigenvalue weighted by Gasteiger charge is -2.24. The number of carbonyl (C=O) groups is 2. The highest BCUT2D eigenvalue weighted by molar-refractivity contribution is 6.05. The van der Waals surface area contributed by atoms with Crippen molar-refractivity contribution in [1.82, 2.24) is 0 Å². The fourth-order valence-electron chi connectivity index (χ4n) is 2.76. The maximum absolute atomic E-state index is 12.2. The Morgan fingerprint density at radius 1 is 1.10 bits per heavy atom. The minimum atomic E-state index is -1.28. The Kier molecular flexibility index (Phi) is 4.23. The van der Waals surface area contributed by atoms with Crippen LogP contribution in [0.2, 0.25) is 0 Å². The van der Waals surface area contributed by atoms with Crippen molar-refractivity contribution < 1.29 is 19.1 Å². The lowest BCUT2D eigenvalue weighted by molar-refractivity contribution is -0.165. The number of hydrogen-bond acceptors (Lipinski definition) is 4. The van der Waals surface area contributed by atoms with Crippen LogP contribution in [0, 0.1) is 5.41 Å². The summed E-state index contributed by atoms with van der Waals surface area (Å²) in [6.07, 6.45) is 3.79. The van der Waals surface area contributed by atoms with Gasteiger partial charge >= 0.3 is 11.9 Å². The van der Waals surface area contributed by atoms with Crippen molar-refractivity contribution in [1.29, 1.82) is 0 Å². The van der Waals surface area contributed by atoms with Crippen molar-refractivity contribution in [3.63, 3.8) is 0 Å². The SMILES string of the molecule is COC(=O)C1(C(=O)OC)CCC/C1=C/c1ccccc1. The maximum Gasteiger partial charge on any atom is 0.327 e. The number of benzene rings is 1. The van der Waals surface area contributed by atoms with E-state index in [2.05, 4.69) is 0 Å². The molecule has 0 amide bonds. The van der Waals surface area contributed by atoms with Crippen LogP contribution >= 0.6 is 0 Å². The topological polar surface area (TPSA) is 52.6 Å². The first-order chi connectivity index (χ1) is 9.65. The van der Waals surface area contributed by atoms with Crippen LogP contribution < -0.4 is 0 Å². The van der Waals surface area contributed by atoms with E-state index in [1.165, 1.54) is 14.2 Å². The summed E-state index contributed by atoms with van der Waals surface area (Å²) in [6, 6.07) is 9.62. The Labute approximate surface area is 118 Å². The smallest absolute Gasteiger partial charge is 0.327 e. The van der Waals surface area contributed by atoms with E-state index in [9.17, 15) is 9.59 Å². The molecule has 0 atom stereocenters. The van der Waals surface area contributed by atoms with E-state index in [4.69, 9.17) is 9.47 Å². The Hall–Kier alpha value is -2.10. The standard InChI is InChI=1S/C16H18O4/c1-19-14(17)16(15(18)20-2)10-6-9-13(16)11-12-7-4-3-5-8-12/h3-5,7-8,11H,6,9-10H2,1-2H3/b13-11-. The molecule has 0 spiro atoms. The van der Waals surface area contributed by atoms with Gasteiger partial charge < -0.3 is 9.47 Å². The molecule has 4 heteroatoms. The van der Waals surface area contributed by atoms with Crippen LogP contribution in [0.25, 0.3) is 6.08 Å². The molecule has 0 aliphatic heterocycles. The highest BCUT2D eigenvalue weighted by Crippen LogP contribution is 2.45. The number of rotatable bonds is 3. The third-order valence-corrected chi connectivity index (χ3v) is 3.75. The van der Waals surface area contributed by atoms with Crippen LogP contribution in [0.3, 0.4) is 0 Å². The normalized spacial score (nSPS) is 18.8. The highest BCUT2D eigenvalue weighted by atomic mass is 16.5. The molecule has 1 aromatic rings. The summed E-state index contributed by atoms with van der Waals surface area (Å²) < 4.78 is 9.70. The van der Waals surface area contributed by atoms with Gasteiger partial charge in [-0.3, -0.25) is 9.59 Å². The minimum Gasteiger partial charge on any atom is -0.468 e. The Bertz CT molecular complexity index is 515. The van der Waals surface area contributed by atoms with Gasteiger partial charge in [-0.05, 0) is 30.4 Å². The number of carbonyl (C=O) groups excluding carboxylic acids is 2. The fourth-order valence-corrected chi connectivity index (χ4v) is 2.76. The second-order valence-corrected chi connectivity index (χ2v) is 4.82. The summed E-state index contributed by atoms with van der Waals surface area (Å²) in [4.78, 5) is 24.3. The molecule has 1 aliphatic carbocycles. The molecule has 0 bridgehead atoms. The monoisotopic (exact) mass is 274 g/mol. The average Bonchev–Trinajstić information content (AvgIpc) is 2.91. The largest absolute Gasteiger partial charge is 0.468 e. The lowest BCUT2D eigenvalue weighted by Crippen LogP contribution is -2.40. The van der Waals surface area contributed by atoms with E-state index in [-0.39, 0.29) is 0 Å². The first-order valence-corrected chi connectivity index (χ1v) is 6.58. The molecule has 0 unspecified atom stereocenters. The zero-order valence-corrected chi connectivity index (χ0v) is 11.7. The second kappa shape index (κ2) is 5.90. The van der Waals surface area contributed by atoms with Crippen LogP contribution in [0.1, 0.15) is 24.8 Å². The van der Waals surface area contributed by atoms with E-state index in [1.807, 2.05) is 36.4 Å². The molecule has 0 aromatic heterocycles. The van der Waals surface area contributed by atoms with Gasteiger partial charge in [-0.25, -0.2) is 0 Å². The first kappa shape index (κ1) is 14.3. The summed E-state index contributed by atoms with van der Waals surface area (Å²) in [5.41, 5.74) is 0.447. The lowest BCUT2D eigenvalue weighted by atomic mass is 9.81. The van der Waals surface area contributed by atoms with Gasteiger partial charge in [0.05, 0.1) is 14.2 Å². The highest BCUT2D eigenvalue weighted by Gasteiger charge is 2.53. The summed E-state index contributed by atoms with van der Waals surface area (Å²) in [7, 11) is 2.59. The van der Waals surface area contributed by atoms with Gasteiger partial charge in [0, 0.05) is 0 Å². The van der Waals surface area contributed by atoms with Gasteiger partial charge in [0.15, 0.2) is 5.41 Å². The van der Waals surface area contributed by atoms with Crippen molar-refractivity contribution >= 4 is 18.0 Å². The molecule has 4 nitrogen and oxygen atoms in total. The summed E-state index contributed by atoms with van der Waals surface area (Å²) in [5, 5.41) is 0. The molecule has 0 heterocycles. The Morgan fingerprint density at radius 2 is 1.70 bits per heavy atom. The molecule has 1 fully saturated rings. The molecule has 1 aliphatic rings. The van der Waals surface area contributed by atoms with Crippen LogP contribution in [0.5, 0.6) is 0 Å². The van der Waals surface area contributed by atoms with E-state index < -0.39 is 17.4 Å². The molecular formula is C16H18O4. The first-order valence-electron chi connectivity index (χ1n) is 6.58. The Balaban J connectivity index is 2.48. The summed E-state index contributed by atoms with van der Waals surface area (Å²) in [5.74, 6) is -1.08. The van der Waals surface area contributed by atoms with Gasteiger partial charge in [0.1, 0.15) is 0 Å². The Morgan fingerprint density at radius 3 is 2.25 bits per heavy atom. The average molecular weight is 274 g/mol. The van der Waals surface area contributed by atoms with E-state index in [0.717, 1.165) is 17.6 Å².